The Morgan fingerprint density at radius 3 is 2.86 bits per heavy atom. The molecule has 4 unspecified atom stereocenters. The van der Waals surface area contributed by atoms with Gasteiger partial charge < -0.3 is 16.0 Å². The highest BCUT2D eigenvalue weighted by atomic mass is 16.2. The predicted octanol–water partition coefficient (Wildman–Crippen LogP) is 1.02. The summed E-state index contributed by atoms with van der Waals surface area (Å²) in [6.07, 6.45) is 7.63. The summed E-state index contributed by atoms with van der Waals surface area (Å²) in [6, 6.07) is 0.487. The molecule has 2 amide bonds. The molecule has 2 heterocycles. The Hall–Kier alpha value is -1.10. The number of amides is 2. The fraction of sp³-hybridized carbons (Fsp3) is 0.875. The van der Waals surface area contributed by atoms with E-state index in [1.165, 1.54) is 12.8 Å². The van der Waals surface area contributed by atoms with Crippen LogP contribution in [0.5, 0.6) is 0 Å². The molecule has 0 radical (unpaired) electrons. The highest BCUT2D eigenvalue weighted by Crippen LogP contribution is 2.29. The van der Waals surface area contributed by atoms with E-state index in [1.54, 1.807) is 0 Å². The van der Waals surface area contributed by atoms with Crippen molar-refractivity contribution in [2.75, 3.05) is 13.1 Å². The lowest BCUT2D eigenvalue weighted by Gasteiger charge is -2.42. The van der Waals surface area contributed by atoms with E-state index < -0.39 is 0 Å². The minimum Gasteiger partial charge on any atom is -0.353 e. The van der Waals surface area contributed by atoms with Gasteiger partial charge in [0.1, 0.15) is 0 Å². The maximum Gasteiger partial charge on any atom is 0.222 e. The summed E-state index contributed by atoms with van der Waals surface area (Å²) < 4.78 is 0. The van der Waals surface area contributed by atoms with Crippen LogP contribution in [0.1, 0.15) is 51.4 Å². The van der Waals surface area contributed by atoms with Gasteiger partial charge in [-0.25, -0.2) is 0 Å². The number of likely N-dealkylation sites (tertiary alicyclic amines) is 1. The van der Waals surface area contributed by atoms with Crippen LogP contribution in [0.25, 0.3) is 0 Å². The van der Waals surface area contributed by atoms with Crippen molar-refractivity contribution in [3.05, 3.63) is 0 Å². The van der Waals surface area contributed by atoms with Crippen molar-refractivity contribution in [3.63, 3.8) is 0 Å². The molecule has 1 saturated carbocycles. The average molecular weight is 293 g/mol. The first-order valence-electron chi connectivity index (χ1n) is 8.46. The molecule has 118 valence electrons. The van der Waals surface area contributed by atoms with Crippen LogP contribution >= 0.6 is 0 Å². The lowest BCUT2D eigenvalue weighted by atomic mass is 9.81. The van der Waals surface area contributed by atoms with Crippen LogP contribution in [-0.2, 0) is 9.59 Å². The Kier molecular flexibility index (Phi) is 4.48. The third-order valence-electron chi connectivity index (χ3n) is 5.58. The van der Waals surface area contributed by atoms with Gasteiger partial charge in [0, 0.05) is 38.0 Å². The molecule has 0 aromatic rings. The Morgan fingerprint density at radius 2 is 2.05 bits per heavy atom. The molecule has 3 N–H and O–H groups in total. The zero-order valence-electron chi connectivity index (χ0n) is 12.7. The standard InChI is InChI=1S/C16H27N3O2/c17-13-4-2-1-3-11(13)9-16(21)19-8-7-14-12(10-19)5-6-15(20)18-14/h11-14H,1-10,17H2,(H,18,20). The van der Waals surface area contributed by atoms with Crippen LogP contribution in [0.15, 0.2) is 0 Å². The molecule has 3 rings (SSSR count). The Bertz CT molecular complexity index is 412. The predicted molar refractivity (Wildman–Crippen MR) is 80.4 cm³/mol. The summed E-state index contributed by atoms with van der Waals surface area (Å²) in [7, 11) is 0. The largest absolute Gasteiger partial charge is 0.353 e. The number of hydrogen-bond acceptors (Lipinski definition) is 3. The molecule has 4 atom stereocenters. The topological polar surface area (TPSA) is 75.4 Å². The fourth-order valence-corrected chi connectivity index (χ4v) is 4.18. The van der Waals surface area contributed by atoms with E-state index >= 15 is 0 Å². The highest BCUT2D eigenvalue weighted by Gasteiger charge is 2.36. The van der Waals surface area contributed by atoms with E-state index in [2.05, 4.69) is 5.32 Å². The van der Waals surface area contributed by atoms with Crippen molar-refractivity contribution >= 4 is 11.8 Å². The van der Waals surface area contributed by atoms with Gasteiger partial charge in [-0.15, -0.1) is 0 Å². The minimum absolute atomic E-state index is 0.171. The summed E-state index contributed by atoms with van der Waals surface area (Å²) in [6.45, 7) is 1.59. The molecule has 3 aliphatic rings. The van der Waals surface area contributed by atoms with Crippen LogP contribution in [0.4, 0.5) is 0 Å². The van der Waals surface area contributed by atoms with E-state index in [1.807, 2.05) is 4.90 Å². The zero-order valence-corrected chi connectivity index (χ0v) is 12.7. The summed E-state index contributed by atoms with van der Waals surface area (Å²) in [5.41, 5.74) is 6.16. The van der Waals surface area contributed by atoms with Crippen LogP contribution in [0.3, 0.4) is 0 Å². The molecular weight excluding hydrogens is 266 g/mol. The molecule has 0 aromatic heterocycles. The lowest BCUT2D eigenvalue weighted by Crippen LogP contribution is -2.55. The number of fused-ring (bicyclic) bond motifs is 1. The molecule has 0 bridgehead atoms. The van der Waals surface area contributed by atoms with Crippen molar-refractivity contribution in [1.82, 2.24) is 10.2 Å². The highest BCUT2D eigenvalue weighted by molar-refractivity contribution is 5.78. The molecule has 3 fully saturated rings. The normalized spacial score (nSPS) is 36.8. The third-order valence-corrected chi connectivity index (χ3v) is 5.58. The second kappa shape index (κ2) is 6.34. The van der Waals surface area contributed by atoms with E-state index in [0.29, 0.717) is 24.7 Å². The first kappa shape index (κ1) is 14.8. The Balaban J connectivity index is 1.53. The van der Waals surface area contributed by atoms with Gasteiger partial charge in [0.05, 0.1) is 0 Å². The second-order valence-corrected chi connectivity index (χ2v) is 7.01. The third kappa shape index (κ3) is 3.39. The first-order chi connectivity index (χ1) is 10.1. The van der Waals surface area contributed by atoms with E-state index in [4.69, 9.17) is 5.73 Å². The zero-order chi connectivity index (χ0) is 14.8. The number of carbonyl (C=O) groups excluding carboxylic acids is 2. The number of carbonyl (C=O) groups is 2. The van der Waals surface area contributed by atoms with Gasteiger partial charge in [-0.3, -0.25) is 9.59 Å². The van der Waals surface area contributed by atoms with Crippen molar-refractivity contribution < 1.29 is 9.59 Å². The maximum atomic E-state index is 12.5. The minimum atomic E-state index is 0.171. The van der Waals surface area contributed by atoms with Crippen molar-refractivity contribution in [3.8, 4) is 0 Å². The van der Waals surface area contributed by atoms with E-state index in [-0.39, 0.29) is 23.9 Å². The molecule has 0 aromatic carbocycles. The fourth-order valence-electron chi connectivity index (χ4n) is 4.18. The SMILES string of the molecule is NC1CCCCC1CC(=O)N1CCC2NC(=O)CCC2C1. The van der Waals surface area contributed by atoms with Crippen molar-refractivity contribution in [1.29, 1.82) is 0 Å². The molecule has 5 heteroatoms. The van der Waals surface area contributed by atoms with Gasteiger partial charge in [-0.05, 0) is 37.5 Å². The van der Waals surface area contributed by atoms with Crippen LogP contribution in [-0.4, -0.2) is 41.9 Å². The summed E-state index contributed by atoms with van der Waals surface area (Å²) >= 11 is 0. The van der Waals surface area contributed by atoms with Gasteiger partial charge in [-0.1, -0.05) is 12.8 Å². The van der Waals surface area contributed by atoms with Crippen LogP contribution in [0, 0.1) is 11.8 Å². The number of piperidine rings is 2. The number of nitrogens with zero attached hydrogens (tertiary/aromatic N) is 1. The Labute approximate surface area is 126 Å². The molecule has 2 aliphatic heterocycles. The van der Waals surface area contributed by atoms with Gasteiger partial charge in [0.15, 0.2) is 0 Å². The average Bonchev–Trinajstić information content (AvgIpc) is 2.49. The second-order valence-electron chi connectivity index (χ2n) is 7.01. The van der Waals surface area contributed by atoms with E-state index in [0.717, 1.165) is 38.8 Å². The number of rotatable bonds is 2. The van der Waals surface area contributed by atoms with Crippen molar-refractivity contribution in [2.45, 2.75) is 63.5 Å². The molecule has 21 heavy (non-hydrogen) atoms. The molecule has 5 nitrogen and oxygen atoms in total. The van der Waals surface area contributed by atoms with E-state index in [9.17, 15) is 9.59 Å². The van der Waals surface area contributed by atoms with Crippen LogP contribution < -0.4 is 11.1 Å². The molecule has 0 spiro atoms. The van der Waals surface area contributed by atoms with Gasteiger partial charge >= 0.3 is 0 Å². The van der Waals surface area contributed by atoms with Crippen LogP contribution in [0.2, 0.25) is 0 Å². The lowest BCUT2D eigenvalue weighted by molar-refractivity contribution is -0.136. The van der Waals surface area contributed by atoms with Gasteiger partial charge in [-0.2, -0.15) is 0 Å². The number of hydrogen-bond donors (Lipinski definition) is 2. The summed E-state index contributed by atoms with van der Waals surface area (Å²) in [4.78, 5) is 26.0. The molecule has 2 saturated heterocycles. The van der Waals surface area contributed by atoms with Gasteiger partial charge in [0.25, 0.3) is 0 Å². The molecule has 1 aliphatic carbocycles. The van der Waals surface area contributed by atoms with Crippen molar-refractivity contribution in [2.24, 2.45) is 17.6 Å². The summed E-state index contributed by atoms with van der Waals surface area (Å²) in [5.74, 6) is 1.26. The smallest absolute Gasteiger partial charge is 0.222 e. The first-order valence-corrected chi connectivity index (χ1v) is 8.46. The number of nitrogens with two attached hydrogens (primary N) is 1. The Morgan fingerprint density at radius 1 is 1.24 bits per heavy atom. The monoisotopic (exact) mass is 293 g/mol. The quantitative estimate of drug-likeness (QED) is 0.798. The molecular formula is C16H27N3O2. The number of nitrogens with one attached hydrogen (secondary N) is 1. The van der Waals surface area contributed by atoms with Gasteiger partial charge in [0.2, 0.25) is 11.8 Å². The maximum absolute atomic E-state index is 12.5. The summed E-state index contributed by atoms with van der Waals surface area (Å²) in [5, 5.41) is 3.07.